The smallest absolute Gasteiger partial charge is 0.137 e. The number of ether oxygens (including phenoxy) is 2. The Hall–Kier alpha value is -1.28. The van der Waals surface area contributed by atoms with Crippen molar-refractivity contribution in [3.63, 3.8) is 0 Å². The van der Waals surface area contributed by atoms with E-state index < -0.39 is 0 Å². The van der Waals surface area contributed by atoms with Gasteiger partial charge in [0.15, 0.2) is 0 Å². The molecule has 2 rings (SSSR count). The number of hydrogen-bond acceptors (Lipinski definition) is 6. The van der Waals surface area contributed by atoms with Gasteiger partial charge in [-0.1, -0.05) is 15.9 Å². The van der Waals surface area contributed by atoms with Crippen LogP contribution in [0.2, 0.25) is 0 Å². The van der Waals surface area contributed by atoms with Crippen LogP contribution in [0.4, 0.5) is 5.82 Å². The lowest BCUT2D eigenvalue weighted by atomic mass is 10.2. The van der Waals surface area contributed by atoms with E-state index in [2.05, 4.69) is 31.2 Å². The number of halogens is 1. The number of anilines is 1. The summed E-state index contributed by atoms with van der Waals surface area (Å²) in [5.41, 5.74) is 6.23. The van der Waals surface area contributed by atoms with Crippen LogP contribution >= 0.6 is 15.9 Å². The third kappa shape index (κ3) is 5.20. The fourth-order valence-electron chi connectivity index (χ4n) is 1.82. The molecular formula is C14H19BrN4O2. The molecule has 6 nitrogen and oxygen atoms in total. The van der Waals surface area contributed by atoms with Gasteiger partial charge in [-0.25, -0.2) is 9.97 Å². The molecule has 1 heterocycles. The Bertz CT molecular complexity index is 568. The van der Waals surface area contributed by atoms with Crippen molar-refractivity contribution in [2.75, 3.05) is 44.8 Å². The van der Waals surface area contributed by atoms with Crippen LogP contribution < -0.4 is 11.1 Å². The van der Waals surface area contributed by atoms with Crippen molar-refractivity contribution in [3.05, 3.63) is 29.0 Å². The predicted molar refractivity (Wildman–Crippen MR) is 86.4 cm³/mol. The van der Waals surface area contributed by atoms with Crippen molar-refractivity contribution in [1.82, 2.24) is 9.97 Å². The number of nitrogens with two attached hydrogens (primary N) is 1. The summed E-state index contributed by atoms with van der Waals surface area (Å²) >= 11 is 3.46. The van der Waals surface area contributed by atoms with Gasteiger partial charge in [0.05, 0.1) is 31.9 Å². The second-order valence-corrected chi connectivity index (χ2v) is 5.24. The molecule has 3 N–H and O–H groups in total. The van der Waals surface area contributed by atoms with Gasteiger partial charge in [0.1, 0.15) is 12.1 Å². The molecule has 21 heavy (non-hydrogen) atoms. The lowest BCUT2D eigenvalue weighted by molar-refractivity contribution is 0.0547. The molecule has 1 aromatic heterocycles. The normalized spacial score (nSPS) is 11.0. The molecule has 0 spiro atoms. The predicted octanol–water partition coefficient (Wildman–Crippen LogP) is 1.80. The van der Waals surface area contributed by atoms with Crippen molar-refractivity contribution in [3.8, 4) is 0 Å². The summed E-state index contributed by atoms with van der Waals surface area (Å²) in [5.74, 6) is 0.810. The van der Waals surface area contributed by atoms with Gasteiger partial charge in [-0.3, -0.25) is 0 Å². The molecular weight excluding hydrogens is 336 g/mol. The molecule has 0 aliphatic rings. The third-order valence-corrected chi connectivity index (χ3v) is 3.26. The number of aromatic nitrogens is 2. The summed E-state index contributed by atoms with van der Waals surface area (Å²) in [7, 11) is 0. The van der Waals surface area contributed by atoms with Crippen LogP contribution in [0.15, 0.2) is 29.0 Å². The van der Waals surface area contributed by atoms with Crippen molar-refractivity contribution < 1.29 is 9.47 Å². The molecule has 1 aromatic carbocycles. The lowest BCUT2D eigenvalue weighted by Crippen LogP contribution is -2.15. The number of nitrogens with one attached hydrogen (secondary N) is 1. The molecule has 0 saturated carbocycles. The molecule has 0 radical (unpaired) electrons. The minimum absolute atomic E-state index is 0.540. The lowest BCUT2D eigenvalue weighted by Gasteiger charge is -2.09. The SMILES string of the molecule is NCCOCCOCCNc1ncnc2ccc(Br)cc12. The monoisotopic (exact) mass is 354 g/mol. The zero-order chi connectivity index (χ0) is 14.9. The number of benzene rings is 1. The topological polar surface area (TPSA) is 82.3 Å². The molecule has 0 saturated heterocycles. The maximum atomic E-state index is 5.46. The largest absolute Gasteiger partial charge is 0.378 e. The Kier molecular flexibility index (Phi) is 6.81. The van der Waals surface area contributed by atoms with Gasteiger partial charge in [0.2, 0.25) is 0 Å². The van der Waals surface area contributed by atoms with E-state index in [4.69, 9.17) is 15.2 Å². The summed E-state index contributed by atoms with van der Waals surface area (Å²) < 4.78 is 11.7. The molecule has 0 atom stereocenters. The molecule has 0 amide bonds. The minimum atomic E-state index is 0.540. The molecule has 0 unspecified atom stereocenters. The van der Waals surface area contributed by atoms with Gasteiger partial charge in [-0.2, -0.15) is 0 Å². The highest BCUT2D eigenvalue weighted by atomic mass is 79.9. The highest BCUT2D eigenvalue weighted by molar-refractivity contribution is 9.10. The van der Waals surface area contributed by atoms with Gasteiger partial charge in [-0.05, 0) is 18.2 Å². The first-order valence-corrected chi connectivity index (χ1v) is 7.60. The van der Waals surface area contributed by atoms with Gasteiger partial charge in [0.25, 0.3) is 0 Å². The summed E-state index contributed by atoms with van der Waals surface area (Å²) in [5, 5.41) is 4.24. The van der Waals surface area contributed by atoms with Crippen molar-refractivity contribution in [1.29, 1.82) is 0 Å². The van der Waals surface area contributed by atoms with E-state index in [0.717, 1.165) is 21.2 Å². The maximum absolute atomic E-state index is 5.46. The van der Waals surface area contributed by atoms with Crippen LogP contribution in [0.1, 0.15) is 0 Å². The van der Waals surface area contributed by atoms with E-state index in [0.29, 0.717) is 39.5 Å². The molecule has 0 bridgehead atoms. The van der Waals surface area contributed by atoms with E-state index in [1.54, 1.807) is 6.33 Å². The van der Waals surface area contributed by atoms with E-state index in [1.807, 2.05) is 18.2 Å². The van der Waals surface area contributed by atoms with E-state index in [9.17, 15) is 0 Å². The quantitative estimate of drug-likeness (QED) is 0.668. The summed E-state index contributed by atoms with van der Waals surface area (Å²) in [6.07, 6.45) is 1.56. The number of nitrogens with zero attached hydrogens (tertiary/aromatic N) is 2. The van der Waals surface area contributed by atoms with Crippen LogP contribution in [0, 0.1) is 0 Å². The van der Waals surface area contributed by atoms with Crippen molar-refractivity contribution in [2.45, 2.75) is 0 Å². The molecule has 0 fully saturated rings. The van der Waals surface area contributed by atoms with Crippen LogP contribution in [0.5, 0.6) is 0 Å². The Morgan fingerprint density at radius 3 is 2.71 bits per heavy atom. The zero-order valence-electron chi connectivity index (χ0n) is 11.7. The zero-order valence-corrected chi connectivity index (χ0v) is 13.3. The van der Waals surface area contributed by atoms with E-state index in [1.165, 1.54) is 0 Å². The molecule has 114 valence electrons. The number of hydrogen-bond donors (Lipinski definition) is 2. The maximum Gasteiger partial charge on any atom is 0.137 e. The molecule has 0 aliphatic carbocycles. The fraction of sp³-hybridized carbons (Fsp3) is 0.429. The second-order valence-electron chi connectivity index (χ2n) is 4.32. The Balaban J connectivity index is 1.77. The van der Waals surface area contributed by atoms with Crippen LogP contribution in [-0.2, 0) is 9.47 Å². The average molecular weight is 355 g/mol. The fourth-order valence-corrected chi connectivity index (χ4v) is 2.18. The first-order chi connectivity index (χ1) is 10.3. The summed E-state index contributed by atoms with van der Waals surface area (Å²) in [6, 6.07) is 5.92. The summed E-state index contributed by atoms with van der Waals surface area (Å²) in [4.78, 5) is 8.51. The Morgan fingerprint density at radius 2 is 1.90 bits per heavy atom. The van der Waals surface area contributed by atoms with Crippen LogP contribution in [-0.4, -0.2) is 49.5 Å². The standard InChI is InChI=1S/C14H19BrN4O2/c15-11-1-2-13-12(9-11)14(19-10-18-13)17-4-6-21-8-7-20-5-3-16/h1-2,9-10H,3-8,16H2,(H,17,18,19). The Morgan fingerprint density at radius 1 is 1.10 bits per heavy atom. The van der Waals surface area contributed by atoms with Crippen LogP contribution in [0.25, 0.3) is 10.9 Å². The van der Waals surface area contributed by atoms with Crippen LogP contribution in [0.3, 0.4) is 0 Å². The highest BCUT2D eigenvalue weighted by Gasteiger charge is 2.03. The summed E-state index contributed by atoms with van der Waals surface area (Å²) in [6.45, 7) is 3.51. The highest BCUT2D eigenvalue weighted by Crippen LogP contribution is 2.22. The second kappa shape index (κ2) is 8.89. The first-order valence-electron chi connectivity index (χ1n) is 6.81. The molecule has 0 aliphatic heterocycles. The third-order valence-electron chi connectivity index (χ3n) is 2.77. The van der Waals surface area contributed by atoms with E-state index in [-0.39, 0.29) is 0 Å². The number of rotatable bonds is 9. The van der Waals surface area contributed by atoms with Gasteiger partial charge in [-0.15, -0.1) is 0 Å². The van der Waals surface area contributed by atoms with E-state index >= 15 is 0 Å². The van der Waals surface area contributed by atoms with Crippen molar-refractivity contribution in [2.24, 2.45) is 5.73 Å². The Labute approximate surface area is 132 Å². The number of fused-ring (bicyclic) bond motifs is 1. The van der Waals surface area contributed by atoms with Gasteiger partial charge < -0.3 is 20.5 Å². The van der Waals surface area contributed by atoms with Gasteiger partial charge in [0, 0.05) is 22.9 Å². The minimum Gasteiger partial charge on any atom is -0.378 e. The van der Waals surface area contributed by atoms with Crippen molar-refractivity contribution >= 4 is 32.7 Å². The molecule has 7 heteroatoms. The first kappa shape index (κ1) is 16.1. The average Bonchev–Trinajstić information content (AvgIpc) is 2.50. The molecule has 2 aromatic rings. The van der Waals surface area contributed by atoms with Gasteiger partial charge >= 0.3 is 0 Å².